The average Bonchev–Trinajstić information content (AvgIpc) is 2.44. The van der Waals surface area contributed by atoms with E-state index in [0.29, 0.717) is 5.02 Å². The van der Waals surface area contributed by atoms with Crippen molar-refractivity contribution in [3.63, 3.8) is 0 Å². The summed E-state index contributed by atoms with van der Waals surface area (Å²) in [5.74, 6) is 0. The number of fused-ring (bicyclic) bond motifs is 1. The van der Waals surface area contributed by atoms with Gasteiger partial charge in [-0.1, -0.05) is 11.6 Å². The lowest BCUT2D eigenvalue weighted by molar-refractivity contribution is 0.276. The maximum atomic E-state index is 11.8. The fourth-order valence-electron chi connectivity index (χ4n) is 1.51. The molecule has 1 aromatic heterocycles. The Bertz CT molecular complexity index is 561. The van der Waals surface area contributed by atoms with Gasteiger partial charge in [-0.3, -0.25) is 4.57 Å². The minimum atomic E-state index is -0.151. The predicted molar refractivity (Wildman–Crippen MR) is 67.7 cm³/mol. The summed E-state index contributed by atoms with van der Waals surface area (Å²) < 4.78 is 3.02. The molecule has 0 aliphatic heterocycles. The zero-order valence-electron chi connectivity index (χ0n) is 7.65. The van der Waals surface area contributed by atoms with Crippen LogP contribution in [0.15, 0.2) is 23.0 Å². The number of hydrogen-bond acceptors (Lipinski definition) is 2. The van der Waals surface area contributed by atoms with Crippen LogP contribution in [0.25, 0.3) is 11.0 Å². The molecule has 2 aromatic rings. The lowest BCUT2D eigenvalue weighted by atomic mass is 10.3. The number of aliphatic hydroxyl groups excluding tert-OH is 1. The number of nitrogens with zero attached hydrogens (tertiary/aromatic N) is 2. The van der Waals surface area contributed by atoms with Crippen LogP contribution < -0.4 is 5.69 Å². The van der Waals surface area contributed by atoms with Crippen molar-refractivity contribution in [3.8, 4) is 0 Å². The number of benzene rings is 1. The van der Waals surface area contributed by atoms with E-state index in [0.717, 1.165) is 11.0 Å². The predicted octanol–water partition coefficient (Wildman–Crippen LogP) is 1.65. The summed E-state index contributed by atoms with van der Waals surface area (Å²) in [6.07, 6.45) is 0. The summed E-state index contributed by atoms with van der Waals surface area (Å²) in [5, 5.41) is 9.46. The molecule has 0 aliphatic carbocycles. The van der Waals surface area contributed by atoms with Crippen molar-refractivity contribution >= 4 is 45.5 Å². The second kappa shape index (κ2) is 4.15. The maximum Gasteiger partial charge on any atom is 0.338 e. The summed E-state index contributed by atoms with van der Waals surface area (Å²) in [4.78, 5) is 11.8. The molecule has 0 amide bonds. The maximum absolute atomic E-state index is 11.8. The Morgan fingerprint density at radius 3 is 2.80 bits per heavy atom. The first-order chi connectivity index (χ1) is 7.15. The number of halogens is 2. The second-order valence-corrected chi connectivity index (χ2v) is 4.47. The van der Waals surface area contributed by atoms with Crippen LogP contribution in [0.2, 0.25) is 5.02 Å². The molecule has 0 aliphatic rings. The lowest BCUT2D eigenvalue weighted by Crippen LogP contribution is -2.21. The van der Waals surface area contributed by atoms with Crippen LogP contribution in [-0.2, 0) is 6.54 Å². The van der Waals surface area contributed by atoms with Crippen LogP contribution in [0.1, 0.15) is 0 Å². The zero-order chi connectivity index (χ0) is 11.0. The number of aromatic nitrogens is 2. The van der Waals surface area contributed by atoms with Gasteiger partial charge < -0.3 is 5.11 Å². The van der Waals surface area contributed by atoms with E-state index in [1.54, 1.807) is 18.2 Å². The van der Waals surface area contributed by atoms with Crippen molar-refractivity contribution in [1.29, 1.82) is 0 Å². The smallest absolute Gasteiger partial charge is 0.338 e. The monoisotopic (exact) mass is 338 g/mol. The molecule has 0 atom stereocenters. The van der Waals surface area contributed by atoms with E-state index < -0.39 is 0 Å². The normalized spacial score (nSPS) is 11.1. The molecule has 0 spiro atoms. The first-order valence-electron chi connectivity index (χ1n) is 4.33. The summed E-state index contributed by atoms with van der Waals surface area (Å²) >= 11 is 7.80. The Labute approximate surface area is 105 Å². The van der Waals surface area contributed by atoms with Crippen molar-refractivity contribution in [3.05, 3.63) is 33.7 Å². The molecule has 0 bridgehead atoms. The van der Waals surface area contributed by atoms with Crippen LogP contribution in [0.5, 0.6) is 0 Å². The molecule has 15 heavy (non-hydrogen) atoms. The molecule has 0 fully saturated rings. The summed E-state index contributed by atoms with van der Waals surface area (Å²) in [7, 11) is 0. The van der Waals surface area contributed by atoms with Crippen molar-refractivity contribution in [1.82, 2.24) is 7.35 Å². The van der Waals surface area contributed by atoms with E-state index in [1.807, 2.05) is 22.9 Å². The highest BCUT2D eigenvalue weighted by atomic mass is 127. The van der Waals surface area contributed by atoms with E-state index >= 15 is 0 Å². The molecule has 4 nitrogen and oxygen atoms in total. The third kappa shape index (κ3) is 1.79. The Morgan fingerprint density at radius 1 is 1.40 bits per heavy atom. The largest absolute Gasteiger partial charge is 0.395 e. The molecule has 80 valence electrons. The molecular formula is C9H8ClIN2O2. The number of hydrogen-bond donors (Lipinski definition) is 1. The van der Waals surface area contributed by atoms with Gasteiger partial charge in [0.15, 0.2) is 0 Å². The Morgan fingerprint density at radius 2 is 2.13 bits per heavy atom. The molecular weight excluding hydrogens is 330 g/mol. The third-order valence-corrected chi connectivity index (χ3v) is 3.33. The van der Waals surface area contributed by atoms with Crippen LogP contribution in [0.4, 0.5) is 0 Å². The van der Waals surface area contributed by atoms with Crippen LogP contribution >= 0.6 is 34.5 Å². The average molecular weight is 339 g/mol. The topological polar surface area (TPSA) is 47.2 Å². The van der Waals surface area contributed by atoms with E-state index in [9.17, 15) is 4.79 Å². The van der Waals surface area contributed by atoms with Crippen molar-refractivity contribution in [2.24, 2.45) is 0 Å². The number of imidazole rings is 1. The van der Waals surface area contributed by atoms with Gasteiger partial charge in [-0.2, -0.15) is 0 Å². The molecule has 6 heteroatoms. The van der Waals surface area contributed by atoms with E-state index in [4.69, 9.17) is 16.7 Å². The summed E-state index contributed by atoms with van der Waals surface area (Å²) in [6, 6.07) is 5.25. The van der Waals surface area contributed by atoms with Gasteiger partial charge in [0.25, 0.3) is 0 Å². The molecule has 1 aromatic carbocycles. The molecule has 0 unspecified atom stereocenters. The van der Waals surface area contributed by atoms with E-state index in [-0.39, 0.29) is 18.8 Å². The Balaban J connectivity index is 2.82. The summed E-state index contributed by atoms with van der Waals surface area (Å²) in [5.41, 5.74) is 1.40. The van der Waals surface area contributed by atoms with Crippen LogP contribution in [-0.4, -0.2) is 19.1 Å². The first-order valence-corrected chi connectivity index (χ1v) is 5.67. The highest BCUT2D eigenvalue weighted by molar-refractivity contribution is 14.1. The fraction of sp³-hybridized carbons (Fsp3) is 0.222. The highest BCUT2D eigenvalue weighted by Crippen LogP contribution is 2.19. The Hall–Kier alpha value is -0.530. The van der Waals surface area contributed by atoms with E-state index in [2.05, 4.69) is 0 Å². The number of aliphatic hydroxyl groups is 1. The zero-order valence-corrected chi connectivity index (χ0v) is 10.6. The van der Waals surface area contributed by atoms with Crippen LogP contribution in [0.3, 0.4) is 0 Å². The lowest BCUT2D eigenvalue weighted by Gasteiger charge is -1.99. The fourth-order valence-corrected chi connectivity index (χ4v) is 2.34. The molecule has 0 saturated heterocycles. The minimum Gasteiger partial charge on any atom is -0.395 e. The van der Waals surface area contributed by atoms with Gasteiger partial charge >= 0.3 is 5.69 Å². The molecule has 1 N–H and O–H groups in total. The van der Waals surface area contributed by atoms with Gasteiger partial charge in [0.1, 0.15) is 0 Å². The van der Waals surface area contributed by atoms with Gasteiger partial charge in [-0.05, 0) is 18.2 Å². The molecule has 0 saturated carbocycles. The van der Waals surface area contributed by atoms with Crippen molar-refractivity contribution in [2.45, 2.75) is 6.54 Å². The minimum absolute atomic E-state index is 0.0673. The number of rotatable bonds is 2. The quantitative estimate of drug-likeness (QED) is 0.847. The van der Waals surface area contributed by atoms with Crippen molar-refractivity contribution < 1.29 is 5.11 Å². The van der Waals surface area contributed by atoms with Gasteiger partial charge in [0, 0.05) is 5.02 Å². The van der Waals surface area contributed by atoms with Gasteiger partial charge in [-0.25, -0.2) is 7.58 Å². The van der Waals surface area contributed by atoms with Crippen LogP contribution in [0, 0.1) is 0 Å². The second-order valence-electron chi connectivity index (χ2n) is 3.07. The standard InChI is InChI=1S/C9H8ClIN2O2/c10-6-1-2-7-8(5-6)12(3-4-14)9(15)13(7)11/h1-2,5,14H,3-4H2. The van der Waals surface area contributed by atoms with Gasteiger partial charge in [0.2, 0.25) is 0 Å². The SMILES string of the molecule is O=c1n(I)c2ccc(Cl)cc2n1CCO. The molecule has 1 heterocycles. The van der Waals surface area contributed by atoms with Gasteiger partial charge in [-0.15, -0.1) is 0 Å². The molecule has 0 radical (unpaired) electrons. The summed E-state index contributed by atoms with van der Waals surface area (Å²) in [6.45, 7) is 0.216. The van der Waals surface area contributed by atoms with E-state index in [1.165, 1.54) is 7.35 Å². The Kier molecular flexibility index (Phi) is 3.03. The van der Waals surface area contributed by atoms with Gasteiger partial charge in [0.05, 0.1) is 47.0 Å². The highest BCUT2D eigenvalue weighted by Gasteiger charge is 2.10. The first kappa shape index (κ1) is 11.0. The molecule has 2 rings (SSSR count). The van der Waals surface area contributed by atoms with Crippen molar-refractivity contribution in [2.75, 3.05) is 6.61 Å². The third-order valence-electron chi connectivity index (χ3n) is 2.16.